The van der Waals surface area contributed by atoms with Gasteiger partial charge in [0.25, 0.3) is 0 Å². The molecule has 0 aromatic carbocycles. The van der Waals surface area contributed by atoms with Crippen molar-refractivity contribution in [2.24, 2.45) is 0 Å². The van der Waals surface area contributed by atoms with E-state index in [1.165, 1.54) is 154 Å². The van der Waals surface area contributed by atoms with Crippen LogP contribution in [0.2, 0.25) is 0 Å². The van der Waals surface area contributed by atoms with Crippen molar-refractivity contribution in [1.82, 2.24) is 0 Å². The van der Waals surface area contributed by atoms with Crippen LogP contribution in [0.4, 0.5) is 0 Å². The van der Waals surface area contributed by atoms with Gasteiger partial charge in [-0.05, 0) is 19.3 Å². The predicted octanol–water partition coefficient (Wildman–Crippen LogP) is 8.01. The molecule has 0 heterocycles. The molecule has 0 rings (SSSR count). The quantitative estimate of drug-likeness (QED) is 0.0410. The van der Waals surface area contributed by atoms with Crippen molar-refractivity contribution in [3.8, 4) is 0 Å². The van der Waals surface area contributed by atoms with Gasteiger partial charge in [-0.25, -0.2) is 0 Å². The molecule has 3 atom stereocenters. The Bertz CT molecular complexity index is 684. The molecule has 9 nitrogen and oxygen atoms in total. The number of carboxylic acid groups (broad SMARTS) is 3. The van der Waals surface area contributed by atoms with Gasteiger partial charge >= 0.3 is 17.4 Å². The molecule has 55 heavy (non-hydrogen) atoms. The Labute approximate surface area is 349 Å². The van der Waals surface area contributed by atoms with E-state index in [0.717, 1.165) is 57.8 Å². The standard InChI is InChI=1S/3C15H30O3.Al/c3*1-2-3-4-5-6-7-8-9-10-11-12-13-14(16)15(17)18;/h3*14,16H,2-13H2,1H3,(H,17,18);/q;;;+3/p-3. The minimum atomic E-state index is -1.35. The van der Waals surface area contributed by atoms with Crippen LogP contribution in [0.3, 0.4) is 0 Å². The van der Waals surface area contributed by atoms with Crippen molar-refractivity contribution in [3.63, 3.8) is 0 Å². The largest absolute Gasteiger partial charge is 3.00 e. The van der Waals surface area contributed by atoms with Crippen molar-refractivity contribution in [2.75, 3.05) is 0 Å². The van der Waals surface area contributed by atoms with Crippen LogP contribution in [0.5, 0.6) is 0 Å². The molecule has 0 aliphatic heterocycles. The Kier molecular flexibility index (Phi) is 55.9. The molecule has 324 valence electrons. The molecule has 3 N–H and O–H groups in total. The molecule has 0 aromatic heterocycles. The first-order valence-corrected chi connectivity index (χ1v) is 22.7. The number of hydrogen-bond acceptors (Lipinski definition) is 9. The Morgan fingerprint density at radius 2 is 0.436 bits per heavy atom. The van der Waals surface area contributed by atoms with Crippen LogP contribution in [0.1, 0.15) is 252 Å². The summed E-state index contributed by atoms with van der Waals surface area (Å²) in [5.41, 5.74) is 0. The second kappa shape index (κ2) is 50.8. The van der Waals surface area contributed by atoms with Gasteiger partial charge in [-0.3, -0.25) is 0 Å². The molecule has 0 aliphatic carbocycles. The van der Waals surface area contributed by atoms with Gasteiger partial charge in [-0.1, -0.05) is 233 Å². The molecular formula is C45H87AlO9. The Morgan fingerprint density at radius 1 is 0.309 bits per heavy atom. The maximum atomic E-state index is 10.3. The van der Waals surface area contributed by atoms with E-state index in [1.54, 1.807) is 0 Å². The first kappa shape index (κ1) is 60.5. The summed E-state index contributed by atoms with van der Waals surface area (Å²) in [5, 5.41) is 57.8. The number of aliphatic hydroxyl groups is 3. The number of aliphatic hydroxyl groups excluding tert-OH is 3. The Morgan fingerprint density at radius 3 is 0.564 bits per heavy atom. The van der Waals surface area contributed by atoms with Gasteiger partial charge in [-0.2, -0.15) is 0 Å². The van der Waals surface area contributed by atoms with Gasteiger partial charge in [0.2, 0.25) is 0 Å². The fourth-order valence-corrected chi connectivity index (χ4v) is 6.36. The van der Waals surface area contributed by atoms with E-state index >= 15 is 0 Å². The van der Waals surface area contributed by atoms with Crippen molar-refractivity contribution in [1.29, 1.82) is 0 Å². The first-order chi connectivity index (χ1) is 26.0. The molecule has 0 amide bonds. The summed E-state index contributed by atoms with van der Waals surface area (Å²) in [6.07, 6.45) is 37.8. The maximum Gasteiger partial charge on any atom is 3.00 e. The van der Waals surface area contributed by atoms with Gasteiger partial charge in [0, 0.05) is 0 Å². The van der Waals surface area contributed by atoms with Gasteiger partial charge in [0.05, 0.1) is 36.2 Å². The Hall–Kier alpha value is -1.18. The van der Waals surface area contributed by atoms with E-state index in [9.17, 15) is 29.7 Å². The number of carbonyl (C=O) groups is 3. The van der Waals surface area contributed by atoms with E-state index < -0.39 is 36.2 Å². The summed E-state index contributed by atoms with van der Waals surface area (Å²) in [6, 6.07) is 0. The summed E-state index contributed by atoms with van der Waals surface area (Å²) in [7, 11) is 0. The van der Waals surface area contributed by atoms with Gasteiger partial charge < -0.3 is 45.0 Å². The van der Waals surface area contributed by atoms with Crippen LogP contribution in [0.25, 0.3) is 0 Å². The van der Waals surface area contributed by atoms with E-state index in [0.29, 0.717) is 19.3 Å². The summed E-state index contributed by atoms with van der Waals surface area (Å²) in [5.74, 6) is -4.04. The molecule has 0 saturated heterocycles. The fraction of sp³-hybridized carbons (Fsp3) is 0.933. The average molecular weight is 799 g/mol. The topological polar surface area (TPSA) is 181 Å². The van der Waals surface area contributed by atoms with E-state index in [2.05, 4.69) is 20.8 Å². The zero-order valence-corrected chi connectivity index (χ0v) is 37.2. The number of hydrogen-bond donors (Lipinski definition) is 3. The number of carbonyl (C=O) groups excluding carboxylic acids is 3. The van der Waals surface area contributed by atoms with E-state index in [-0.39, 0.29) is 17.4 Å². The molecule has 0 radical (unpaired) electrons. The molecule has 0 aliphatic rings. The smallest absolute Gasteiger partial charge is 0.547 e. The zero-order valence-electron chi connectivity index (χ0n) is 36.1. The predicted molar refractivity (Wildman–Crippen MR) is 222 cm³/mol. The van der Waals surface area contributed by atoms with Crippen LogP contribution in [-0.4, -0.2) is 68.9 Å². The third-order valence-corrected chi connectivity index (χ3v) is 10.1. The first-order valence-electron chi connectivity index (χ1n) is 22.7. The SMILES string of the molecule is CCCCCCCCCCCCCC(O)C(=O)[O-].CCCCCCCCCCCCCC(O)C(=O)[O-].CCCCCCCCCCCCCC(O)C(=O)[O-].[Al+3]. The van der Waals surface area contributed by atoms with Crippen LogP contribution in [0, 0.1) is 0 Å². The Balaban J connectivity index is -0.000000351. The van der Waals surface area contributed by atoms with Crippen LogP contribution >= 0.6 is 0 Å². The molecule has 0 bridgehead atoms. The summed E-state index contributed by atoms with van der Waals surface area (Å²) in [6.45, 7) is 6.70. The van der Waals surface area contributed by atoms with E-state index in [4.69, 9.17) is 15.3 Å². The van der Waals surface area contributed by atoms with Gasteiger partial charge in [0.15, 0.2) is 0 Å². The molecule has 3 unspecified atom stereocenters. The number of rotatable bonds is 39. The summed E-state index contributed by atoms with van der Waals surface area (Å²) in [4.78, 5) is 30.8. The third kappa shape index (κ3) is 55.0. The minimum Gasteiger partial charge on any atom is -0.547 e. The molecule has 0 saturated carbocycles. The monoisotopic (exact) mass is 799 g/mol. The van der Waals surface area contributed by atoms with E-state index in [1.807, 2.05) is 0 Å². The van der Waals surface area contributed by atoms with Crippen LogP contribution in [-0.2, 0) is 14.4 Å². The second-order valence-electron chi connectivity index (χ2n) is 15.5. The van der Waals surface area contributed by atoms with Crippen molar-refractivity contribution in [2.45, 2.75) is 270 Å². The summed E-state index contributed by atoms with van der Waals surface area (Å²) < 4.78 is 0. The zero-order chi connectivity index (χ0) is 40.9. The van der Waals surface area contributed by atoms with Gasteiger partial charge in [-0.15, -0.1) is 0 Å². The van der Waals surface area contributed by atoms with Crippen LogP contribution < -0.4 is 15.3 Å². The average Bonchev–Trinajstić information content (AvgIpc) is 3.15. The number of aliphatic carboxylic acids is 3. The number of carboxylic acids is 3. The van der Waals surface area contributed by atoms with Crippen molar-refractivity contribution >= 4 is 35.3 Å². The normalized spacial score (nSPS) is 12.3. The fourth-order valence-electron chi connectivity index (χ4n) is 6.36. The van der Waals surface area contributed by atoms with Crippen molar-refractivity contribution in [3.05, 3.63) is 0 Å². The summed E-state index contributed by atoms with van der Waals surface area (Å²) >= 11 is 0. The molecule has 10 heteroatoms. The molecule has 0 spiro atoms. The molecular weight excluding hydrogens is 711 g/mol. The number of unbranched alkanes of at least 4 members (excludes halogenated alkanes) is 30. The maximum absolute atomic E-state index is 10.3. The minimum absolute atomic E-state index is 0. The molecule has 0 fully saturated rings. The van der Waals surface area contributed by atoms with Gasteiger partial charge in [0.1, 0.15) is 0 Å². The van der Waals surface area contributed by atoms with Crippen molar-refractivity contribution < 1.29 is 45.0 Å². The second-order valence-corrected chi connectivity index (χ2v) is 15.5. The van der Waals surface area contributed by atoms with Crippen LogP contribution in [0.15, 0.2) is 0 Å². The molecule has 0 aromatic rings. The third-order valence-electron chi connectivity index (χ3n) is 10.1.